The lowest BCUT2D eigenvalue weighted by Gasteiger charge is -2.29. The molecule has 1 aliphatic rings. The molecule has 5 N–H and O–H groups in total. The molecule has 2 aromatic rings. The number of phenols is 2. The first-order valence-corrected chi connectivity index (χ1v) is 8.60. The fourth-order valence-corrected chi connectivity index (χ4v) is 3.03. The molecule has 3 amide bonds. The summed E-state index contributed by atoms with van der Waals surface area (Å²) in [5.74, 6) is -1.89. The van der Waals surface area contributed by atoms with Gasteiger partial charge in [0.1, 0.15) is 0 Å². The van der Waals surface area contributed by atoms with Gasteiger partial charge in [0, 0.05) is 5.70 Å². The van der Waals surface area contributed by atoms with Crippen molar-refractivity contribution in [3.05, 3.63) is 64.9 Å². The lowest BCUT2D eigenvalue weighted by atomic mass is 9.94. The van der Waals surface area contributed by atoms with Crippen LogP contribution in [0.2, 0.25) is 0 Å². The highest BCUT2D eigenvalue weighted by Crippen LogP contribution is 2.33. The average Bonchev–Trinajstić information content (AvgIpc) is 2.69. The second-order valence-electron chi connectivity index (χ2n) is 6.31. The van der Waals surface area contributed by atoms with Crippen LogP contribution in [0.3, 0.4) is 0 Å². The third kappa shape index (κ3) is 3.98. The molecule has 0 aliphatic carbocycles. The number of esters is 1. The number of rotatable bonds is 4. The molecule has 1 heterocycles. The predicted molar refractivity (Wildman–Crippen MR) is 103 cm³/mol. The summed E-state index contributed by atoms with van der Waals surface area (Å²) < 4.78 is 4.73. The molecule has 29 heavy (non-hydrogen) atoms. The maximum atomic E-state index is 13.1. The Labute approximate surface area is 166 Å². The van der Waals surface area contributed by atoms with Crippen molar-refractivity contribution in [1.29, 1.82) is 0 Å². The highest BCUT2D eigenvalue weighted by molar-refractivity contribution is 6.09. The van der Waals surface area contributed by atoms with Crippen LogP contribution in [-0.2, 0) is 9.53 Å². The Balaban J connectivity index is 1.99. The predicted octanol–water partition coefficient (Wildman–Crippen LogP) is 2.15. The number of amides is 3. The quantitative estimate of drug-likeness (QED) is 0.396. The maximum Gasteiger partial charge on any atom is 0.339 e. The lowest BCUT2D eigenvalue weighted by molar-refractivity contribution is -0.113. The average molecular weight is 397 g/mol. The number of urea groups is 1. The SMILES string of the molecule is COC(=O)c1ccccc1NC(=O)C1=C(C)NC(=O)N[C@H]1c1ccc(O)c(O)c1. The topological polar surface area (TPSA) is 137 Å². The third-order valence-electron chi connectivity index (χ3n) is 4.43. The zero-order chi connectivity index (χ0) is 21.1. The van der Waals surface area contributed by atoms with Gasteiger partial charge in [-0.1, -0.05) is 18.2 Å². The number of allylic oxidation sites excluding steroid dienone is 1. The first-order chi connectivity index (χ1) is 13.8. The largest absolute Gasteiger partial charge is 0.504 e. The molecular weight excluding hydrogens is 378 g/mol. The lowest BCUT2D eigenvalue weighted by Crippen LogP contribution is -2.46. The van der Waals surface area contributed by atoms with Gasteiger partial charge < -0.3 is 30.9 Å². The summed E-state index contributed by atoms with van der Waals surface area (Å²) in [5.41, 5.74) is 1.29. The molecule has 0 fully saturated rings. The van der Waals surface area contributed by atoms with E-state index in [0.717, 1.165) is 0 Å². The standard InChI is InChI=1S/C20H19N3O6/c1-10-16(18(26)22-13-6-4-3-5-12(13)19(27)29-2)17(23-20(28)21-10)11-7-8-14(24)15(25)9-11/h3-9,17,24-25H,1-2H3,(H,22,26)(H2,21,23,28)/t17-/m0/s1. The van der Waals surface area contributed by atoms with E-state index in [9.17, 15) is 24.6 Å². The maximum absolute atomic E-state index is 13.1. The zero-order valence-electron chi connectivity index (χ0n) is 15.6. The van der Waals surface area contributed by atoms with Crippen LogP contribution in [0.25, 0.3) is 0 Å². The van der Waals surface area contributed by atoms with Crippen LogP contribution in [0.4, 0.5) is 10.5 Å². The molecule has 2 aromatic carbocycles. The van der Waals surface area contributed by atoms with E-state index in [-0.39, 0.29) is 28.3 Å². The third-order valence-corrected chi connectivity index (χ3v) is 4.43. The fourth-order valence-electron chi connectivity index (χ4n) is 3.03. The Morgan fingerprint density at radius 2 is 1.83 bits per heavy atom. The van der Waals surface area contributed by atoms with Gasteiger partial charge in [-0.15, -0.1) is 0 Å². The minimum absolute atomic E-state index is 0.174. The Bertz CT molecular complexity index is 1030. The summed E-state index contributed by atoms with van der Waals surface area (Å²) >= 11 is 0. The van der Waals surface area contributed by atoms with E-state index in [1.54, 1.807) is 25.1 Å². The van der Waals surface area contributed by atoms with Crippen molar-refractivity contribution in [3.63, 3.8) is 0 Å². The van der Waals surface area contributed by atoms with Crippen LogP contribution in [-0.4, -0.2) is 35.2 Å². The normalized spacial score (nSPS) is 15.9. The summed E-state index contributed by atoms with van der Waals surface area (Å²) in [6.45, 7) is 1.56. The van der Waals surface area contributed by atoms with Crippen LogP contribution >= 0.6 is 0 Å². The first-order valence-electron chi connectivity index (χ1n) is 8.60. The molecule has 0 spiro atoms. The molecule has 0 saturated carbocycles. The van der Waals surface area contributed by atoms with Crippen molar-refractivity contribution in [3.8, 4) is 11.5 Å². The summed E-state index contributed by atoms with van der Waals surface area (Å²) in [5, 5.41) is 27.2. The highest BCUT2D eigenvalue weighted by Gasteiger charge is 2.32. The van der Waals surface area contributed by atoms with E-state index in [4.69, 9.17) is 4.74 Å². The van der Waals surface area contributed by atoms with Crippen molar-refractivity contribution in [1.82, 2.24) is 10.6 Å². The molecular formula is C20H19N3O6. The van der Waals surface area contributed by atoms with Crippen LogP contribution in [0, 0.1) is 0 Å². The molecule has 1 atom stereocenters. The minimum atomic E-state index is -0.888. The molecule has 0 bridgehead atoms. The molecule has 0 aromatic heterocycles. The summed E-state index contributed by atoms with van der Waals surface area (Å²) in [4.78, 5) is 37.0. The number of para-hydroxylation sites is 1. The second-order valence-corrected chi connectivity index (χ2v) is 6.31. The number of hydrogen-bond acceptors (Lipinski definition) is 6. The Kier molecular flexibility index (Phi) is 5.40. The smallest absolute Gasteiger partial charge is 0.339 e. The fraction of sp³-hybridized carbons (Fsp3) is 0.150. The number of aromatic hydroxyl groups is 2. The Morgan fingerprint density at radius 3 is 2.52 bits per heavy atom. The molecule has 0 unspecified atom stereocenters. The van der Waals surface area contributed by atoms with Crippen LogP contribution in [0.5, 0.6) is 11.5 Å². The molecule has 0 radical (unpaired) electrons. The van der Waals surface area contributed by atoms with E-state index < -0.39 is 23.9 Å². The van der Waals surface area contributed by atoms with Gasteiger partial charge in [0.05, 0.1) is 30.0 Å². The van der Waals surface area contributed by atoms with E-state index in [1.165, 1.54) is 31.4 Å². The Morgan fingerprint density at radius 1 is 1.10 bits per heavy atom. The number of ether oxygens (including phenoxy) is 1. The van der Waals surface area contributed by atoms with Gasteiger partial charge in [-0.25, -0.2) is 9.59 Å². The molecule has 1 aliphatic heterocycles. The van der Waals surface area contributed by atoms with Crippen molar-refractivity contribution in [2.75, 3.05) is 12.4 Å². The van der Waals surface area contributed by atoms with Gasteiger partial charge in [-0.2, -0.15) is 0 Å². The van der Waals surface area contributed by atoms with Gasteiger partial charge in [0.2, 0.25) is 0 Å². The highest BCUT2D eigenvalue weighted by atomic mass is 16.5. The van der Waals surface area contributed by atoms with E-state index >= 15 is 0 Å². The van der Waals surface area contributed by atoms with Crippen molar-refractivity contribution < 1.29 is 29.3 Å². The summed E-state index contributed by atoms with van der Waals surface area (Å²) in [7, 11) is 1.24. The first kappa shape index (κ1) is 19.7. The zero-order valence-corrected chi connectivity index (χ0v) is 15.6. The molecule has 9 heteroatoms. The van der Waals surface area contributed by atoms with Gasteiger partial charge in [0.25, 0.3) is 5.91 Å². The monoisotopic (exact) mass is 397 g/mol. The van der Waals surface area contributed by atoms with Crippen molar-refractivity contribution in [2.45, 2.75) is 13.0 Å². The second kappa shape index (κ2) is 7.93. The summed E-state index contributed by atoms with van der Waals surface area (Å²) in [6, 6.07) is 8.94. The number of carbonyl (C=O) groups is 3. The summed E-state index contributed by atoms with van der Waals surface area (Å²) in [6.07, 6.45) is 0. The van der Waals surface area contributed by atoms with Crippen LogP contribution in [0.15, 0.2) is 53.7 Å². The molecule has 150 valence electrons. The number of nitrogens with one attached hydrogen (secondary N) is 3. The van der Waals surface area contributed by atoms with E-state index in [2.05, 4.69) is 16.0 Å². The van der Waals surface area contributed by atoms with Crippen molar-refractivity contribution in [2.24, 2.45) is 0 Å². The molecule has 9 nitrogen and oxygen atoms in total. The number of phenolic OH excluding ortho intramolecular Hbond substituents is 2. The van der Waals surface area contributed by atoms with Gasteiger partial charge in [0.15, 0.2) is 11.5 Å². The van der Waals surface area contributed by atoms with E-state index in [0.29, 0.717) is 11.3 Å². The van der Waals surface area contributed by atoms with Gasteiger partial charge in [-0.3, -0.25) is 4.79 Å². The number of benzene rings is 2. The number of hydrogen-bond donors (Lipinski definition) is 5. The minimum Gasteiger partial charge on any atom is -0.504 e. The van der Waals surface area contributed by atoms with Gasteiger partial charge >= 0.3 is 12.0 Å². The number of anilines is 1. The number of methoxy groups -OCH3 is 1. The van der Waals surface area contributed by atoms with Crippen molar-refractivity contribution >= 4 is 23.6 Å². The molecule has 3 rings (SSSR count). The Hall–Kier alpha value is -4.01. The van der Waals surface area contributed by atoms with E-state index in [1.807, 2.05) is 0 Å². The van der Waals surface area contributed by atoms with Crippen LogP contribution in [0.1, 0.15) is 28.9 Å². The van der Waals surface area contributed by atoms with Crippen LogP contribution < -0.4 is 16.0 Å². The molecule has 0 saturated heterocycles. The van der Waals surface area contributed by atoms with Gasteiger partial charge in [-0.05, 0) is 36.8 Å². The number of carbonyl (C=O) groups excluding carboxylic acids is 3.